The number of hydrogen-bond acceptors (Lipinski definition) is 7. The fourth-order valence-electron chi connectivity index (χ4n) is 4.93. The number of rotatable bonds is 18. The predicted octanol–water partition coefficient (Wildman–Crippen LogP) is 5.62. The lowest BCUT2D eigenvalue weighted by Gasteiger charge is -2.15. The quantitative estimate of drug-likeness (QED) is 0.160. The van der Waals surface area contributed by atoms with Crippen LogP contribution in [0.4, 0.5) is 0 Å². The van der Waals surface area contributed by atoms with E-state index in [9.17, 15) is 19.5 Å². The standard InChI is InChI=1S/C33H37NO9/c34-33(39)25-17-24(23-11-13-29-30(20-23)43-21-42-29)18-26(19-25)40-15-4-2-1-3-7-22-8-5-9-28(27(22)12-14-32(37)38)41-16-6-10-31(35)36/h5,8-9,11,13,17-20H,1-4,6-7,10,12,14-16,21H2,(H2,34,39)(H,35,36)(H,37,38). The van der Waals surface area contributed by atoms with Crippen LogP contribution in [0, 0.1) is 0 Å². The Morgan fingerprint density at radius 1 is 0.744 bits per heavy atom. The molecule has 0 atom stereocenters. The predicted molar refractivity (Wildman–Crippen MR) is 159 cm³/mol. The summed E-state index contributed by atoms with van der Waals surface area (Å²) in [5.74, 6) is 0.216. The lowest BCUT2D eigenvalue weighted by Crippen LogP contribution is -2.11. The van der Waals surface area contributed by atoms with Crippen LogP contribution < -0.4 is 24.7 Å². The first-order valence-electron chi connectivity index (χ1n) is 14.4. The monoisotopic (exact) mass is 591 g/mol. The number of amides is 1. The molecular weight excluding hydrogens is 554 g/mol. The molecule has 3 aromatic carbocycles. The van der Waals surface area contributed by atoms with Gasteiger partial charge in [-0.2, -0.15) is 0 Å². The molecular formula is C33H37NO9. The number of unbranched alkanes of at least 4 members (excludes halogenated alkanes) is 3. The van der Waals surface area contributed by atoms with Gasteiger partial charge in [0, 0.05) is 18.4 Å². The zero-order valence-electron chi connectivity index (χ0n) is 24.0. The van der Waals surface area contributed by atoms with Crippen LogP contribution >= 0.6 is 0 Å². The number of fused-ring (bicyclic) bond motifs is 1. The first-order chi connectivity index (χ1) is 20.8. The number of aliphatic carboxylic acids is 2. The summed E-state index contributed by atoms with van der Waals surface area (Å²) in [4.78, 5) is 34.0. The molecule has 1 amide bonds. The van der Waals surface area contributed by atoms with E-state index in [1.54, 1.807) is 12.1 Å². The van der Waals surface area contributed by atoms with E-state index in [4.69, 9.17) is 29.8 Å². The summed E-state index contributed by atoms with van der Waals surface area (Å²) >= 11 is 0. The molecule has 0 saturated carbocycles. The highest BCUT2D eigenvalue weighted by molar-refractivity contribution is 5.94. The number of primary amides is 1. The van der Waals surface area contributed by atoms with Crippen LogP contribution in [0.25, 0.3) is 11.1 Å². The summed E-state index contributed by atoms with van der Waals surface area (Å²) in [7, 11) is 0. The van der Waals surface area contributed by atoms with Crippen LogP contribution in [-0.2, 0) is 22.4 Å². The third kappa shape index (κ3) is 9.39. The molecule has 0 saturated heterocycles. The van der Waals surface area contributed by atoms with Crippen LogP contribution in [-0.4, -0.2) is 48.1 Å². The molecule has 0 aliphatic carbocycles. The van der Waals surface area contributed by atoms with Crippen molar-refractivity contribution in [3.05, 3.63) is 71.3 Å². The Labute approximate surface area is 250 Å². The van der Waals surface area contributed by atoms with Crippen molar-refractivity contribution in [1.82, 2.24) is 0 Å². The Balaban J connectivity index is 1.27. The van der Waals surface area contributed by atoms with Gasteiger partial charge in [-0.25, -0.2) is 0 Å². The van der Waals surface area contributed by atoms with E-state index in [1.807, 2.05) is 42.5 Å². The van der Waals surface area contributed by atoms with Gasteiger partial charge in [-0.15, -0.1) is 0 Å². The molecule has 1 aliphatic heterocycles. The van der Waals surface area contributed by atoms with Gasteiger partial charge in [0.15, 0.2) is 11.5 Å². The highest BCUT2D eigenvalue weighted by Gasteiger charge is 2.16. The van der Waals surface area contributed by atoms with Gasteiger partial charge in [0.25, 0.3) is 0 Å². The number of carbonyl (C=O) groups excluding carboxylic acids is 1. The molecule has 228 valence electrons. The molecule has 1 heterocycles. The Hall–Kier alpha value is -4.73. The maximum atomic E-state index is 12.0. The summed E-state index contributed by atoms with van der Waals surface area (Å²) < 4.78 is 22.7. The third-order valence-corrected chi connectivity index (χ3v) is 7.12. The highest BCUT2D eigenvalue weighted by Crippen LogP contribution is 2.37. The summed E-state index contributed by atoms with van der Waals surface area (Å²) in [6, 6.07) is 16.5. The van der Waals surface area contributed by atoms with E-state index >= 15 is 0 Å². The molecule has 4 N–H and O–H groups in total. The molecule has 10 nitrogen and oxygen atoms in total. The van der Waals surface area contributed by atoms with E-state index in [0.29, 0.717) is 48.0 Å². The number of hydrogen-bond donors (Lipinski definition) is 3. The minimum absolute atomic E-state index is 0.00677. The van der Waals surface area contributed by atoms with E-state index in [2.05, 4.69) is 0 Å². The van der Waals surface area contributed by atoms with E-state index in [1.165, 1.54) is 0 Å². The zero-order chi connectivity index (χ0) is 30.6. The molecule has 1 aliphatic rings. The number of carboxylic acid groups (broad SMARTS) is 2. The average Bonchev–Trinajstić information content (AvgIpc) is 3.46. The number of ether oxygens (including phenoxy) is 4. The summed E-state index contributed by atoms with van der Waals surface area (Å²) in [6.45, 7) is 0.917. The Morgan fingerprint density at radius 3 is 2.30 bits per heavy atom. The molecule has 3 aromatic rings. The van der Waals surface area contributed by atoms with Crippen molar-refractivity contribution in [3.63, 3.8) is 0 Å². The van der Waals surface area contributed by atoms with Crippen molar-refractivity contribution in [2.24, 2.45) is 5.73 Å². The molecule has 0 unspecified atom stereocenters. The van der Waals surface area contributed by atoms with Gasteiger partial charge in [0.05, 0.1) is 13.2 Å². The van der Waals surface area contributed by atoms with Gasteiger partial charge in [0.2, 0.25) is 12.7 Å². The molecule has 0 spiro atoms. The summed E-state index contributed by atoms with van der Waals surface area (Å²) in [6.07, 6.45) is 5.14. The number of carbonyl (C=O) groups is 3. The van der Waals surface area contributed by atoms with Gasteiger partial charge in [-0.05, 0) is 90.8 Å². The second-order valence-corrected chi connectivity index (χ2v) is 10.3. The molecule has 0 fully saturated rings. The van der Waals surface area contributed by atoms with Gasteiger partial charge < -0.3 is 34.9 Å². The third-order valence-electron chi connectivity index (χ3n) is 7.12. The number of benzene rings is 3. The molecule has 0 aromatic heterocycles. The van der Waals surface area contributed by atoms with Crippen molar-refractivity contribution in [2.75, 3.05) is 20.0 Å². The van der Waals surface area contributed by atoms with Gasteiger partial charge in [0.1, 0.15) is 11.5 Å². The van der Waals surface area contributed by atoms with Crippen LogP contribution in [0.15, 0.2) is 54.6 Å². The lowest BCUT2D eigenvalue weighted by atomic mass is 9.97. The summed E-state index contributed by atoms with van der Waals surface area (Å²) in [5.41, 5.74) is 9.50. The average molecular weight is 592 g/mol. The lowest BCUT2D eigenvalue weighted by molar-refractivity contribution is -0.138. The number of aryl methyl sites for hydroxylation is 1. The second-order valence-electron chi connectivity index (χ2n) is 10.3. The van der Waals surface area contributed by atoms with Crippen molar-refractivity contribution >= 4 is 17.8 Å². The maximum absolute atomic E-state index is 12.0. The first kappa shape index (κ1) is 31.2. The Morgan fingerprint density at radius 2 is 1.51 bits per heavy atom. The fraction of sp³-hybridized carbons (Fsp3) is 0.364. The van der Waals surface area contributed by atoms with Crippen molar-refractivity contribution < 1.29 is 43.5 Å². The van der Waals surface area contributed by atoms with Crippen LogP contribution in [0.5, 0.6) is 23.0 Å². The second kappa shape index (κ2) is 15.5. The molecule has 43 heavy (non-hydrogen) atoms. The minimum Gasteiger partial charge on any atom is -0.494 e. The first-order valence-corrected chi connectivity index (χ1v) is 14.4. The van der Waals surface area contributed by atoms with Gasteiger partial charge in [-0.1, -0.05) is 31.0 Å². The summed E-state index contributed by atoms with van der Waals surface area (Å²) in [5, 5.41) is 18.1. The largest absolute Gasteiger partial charge is 0.494 e. The van der Waals surface area contributed by atoms with Gasteiger partial charge in [-0.3, -0.25) is 14.4 Å². The number of nitrogens with two attached hydrogens (primary N) is 1. The number of carboxylic acids is 2. The topological polar surface area (TPSA) is 155 Å². The zero-order valence-corrected chi connectivity index (χ0v) is 24.0. The molecule has 10 heteroatoms. The van der Waals surface area contributed by atoms with Crippen molar-refractivity contribution in [3.8, 4) is 34.1 Å². The molecule has 4 rings (SSSR count). The van der Waals surface area contributed by atoms with Gasteiger partial charge >= 0.3 is 11.9 Å². The van der Waals surface area contributed by atoms with Crippen molar-refractivity contribution in [1.29, 1.82) is 0 Å². The van der Waals surface area contributed by atoms with E-state index in [-0.39, 0.29) is 26.2 Å². The molecule has 0 bridgehead atoms. The smallest absolute Gasteiger partial charge is 0.303 e. The fourth-order valence-corrected chi connectivity index (χ4v) is 4.93. The van der Waals surface area contributed by atoms with E-state index in [0.717, 1.165) is 54.4 Å². The normalized spacial score (nSPS) is 11.7. The SMILES string of the molecule is NC(=O)c1cc(OCCCCCCc2cccc(OCCCC(=O)O)c2CCC(=O)O)cc(-c2ccc3c(c2)OCO3)c1. The van der Waals surface area contributed by atoms with E-state index < -0.39 is 17.8 Å². The van der Waals surface area contributed by atoms with Crippen molar-refractivity contribution in [2.45, 2.75) is 57.8 Å². The van der Waals surface area contributed by atoms with Crippen LogP contribution in [0.3, 0.4) is 0 Å². The Kier molecular flexibility index (Phi) is 11.2. The van der Waals surface area contributed by atoms with Crippen LogP contribution in [0.1, 0.15) is 66.4 Å². The maximum Gasteiger partial charge on any atom is 0.303 e. The Bertz CT molecular complexity index is 1440. The minimum atomic E-state index is -0.879. The van der Waals surface area contributed by atoms with Crippen LogP contribution in [0.2, 0.25) is 0 Å². The molecule has 0 radical (unpaired) electrons. The highest BCUT2D eigenvalue weighted by atomic mass is 16.7.